The summed E-state index contributed by atoms with van der Waals surface area (Å²) < 4.78 is 5.48. The molecule has 0 aromatic carbocycles. The van der Waals surface area contributed by atoms with Crippen LogP contribution in [0.2, 0.25) is 0 Å². The van der Waals surface area contributed by atoms with Crippen LogP contribution in [0.15, 0.2) is 12.2 Å². The second kappa shape index (κ2) is 2.83. The average molecular weight is 196 g/mol. The van der Waals surface area contributed by atoms with Crippen LogP contribution in [0.1, 0.15) is 26.2 Å². The summed E-state index contributed by atoms with van der Waals surface area (Å²) in [5.41, 5.74) is -1.33. The van der Waals surface area contributed by atoms with Crippen molar-refractivity contribution in [3.05, 3.63) is 12.2 Å². The van der Waals surface area contributed by atoms with E-state index in [4.69, 9.17) is 4.74 Å². The van der Waals surface area contributed by atoms with E-state index in [2.05, 4.69) is 6.08 Å². The van der Waals surface area contributed by atoms with Gasteiger partial charge in [-0.2, -0.15) is 0 Å². The first-order valence-corrected chi connectivity index (χ1v) is 5.02. The molecule has 1 saturated carbocycles. The molecule has 0 radical (unpaired) electrons. The fourth-order valence-electron chi connectivity index (χ4n) is 2.86. The number of carboxylic acids is 1. The molecule has 3 rings (SSSR count). The Morgan fingerprint density at radius 1 is 1.64 bits per heavy atom. The van der Waals surface area contributed by atoms with E-state index in [1.165, 1.54) is 0 Å². The predicted octanol–water partition coefficient (Wildman–Crippen LogP) is 1.83. The average Bonchev–Trinajstić information content (AvgIpc) is 2.19. The third-order valence-corrected chi connectivity index (χ3v) is 3.96. The number of hydrogen-bond acceptors (Lipinski definition) is 2. The Hall–Kier alpha value is -0.830. The standard InChI is InChI=1S/C11H16O3/c1-10(9(12)13)7-8-3-5-11(10,14-2)6-4-8/h3,5,8H,4,6-7H2,1-2H3,(H,12,13). The number of carboxylic acid groups (broad SMARTS) is 1. The fraction of sp³-hybridized carbons (Fsp3) is 0.727. The predicted molar refractivity (Wildman–Crippen MR) is 52.0 cm³/mol. The molecule has 3 aliphatic carbocycles. The van der Waals surface area contributed by atoms with Crippen molar-refractivity contribution in [3.63, 3.8) is 0 Å². The van der Waals surface area contributed by atoms with Gasteiger partial charge in [0.05, 0.1) is 5.41 Å². The number of rotatable bonds is 2. The van der Waals surface area contributed by atoms with Crippen molar-refractivity contribution < 1.29 is 14.6 Å². The Labute approximate surface area is 83.8 Å². The second-order valence-corrected chi connectivity index (χ2v) is 4.59. The zero-order chi connectivity index (χ0) is 10.4. The quantitative estimate of drug-likeness (QED) is 0.685. The minimum atomic E-state index is -0.751. The number of allylic oxidation sites excluding steroid dienone is 1. The van der Waals surface area contributed by atoms with E-state index in [9.17, 15) is 9.90 Å². The third kappa shape index (κ3) is 0.989. The van der Waals surface area contributed by atoms with Gasteiger partial charge in [-0.05, 0) is 32.1 Å². The molecule has 3 atom stereocenters. The zero-order valence-electron chi connectivity index (χ0n) is 8.62. The Morgan fingerprint density at radius 3 is 2.71 bits per heavy atom. The van der Waals surface area contributed by atoms with Crippen molar-refractivity contribution in [3.8, 4) is 0 Å². The van der Waals surface area contributed by atoms with E-state index in [1.54, 1.807) is 14.0 Å². The molecule has 14 heavy (non-hydrogen) atoms. The van der Waals surface area contributed by atoms with E-state index in [0.29, 0.717) is 12.3 Å². The van der Waals surface area contributed by atoms with Crippen molar-refractivity contribution in [1.29, 1.82) is 0 Å². The maximum absolute atomic E-state index is 11.3. The van der Waals surface area contributed by atoms with Gasteiger partial charge in [-0.25, -0.2) is 0 Å². The second-order valence-electron chi connectivity index (χ2n) is 4.59. The number of hydrogen-bond donors (Lipinski definition) is 1. The molecule has 3 heteroatoms. The highest BCUT2D eigenvalue weighted by Gasteiger charge is 2.57. The minimum Gasteiger partial charge on any atom is -0.481 e. The largest absolute Gasteiger partial charge is 0.481 e. The van der Waals surface area contributed by atoms with Crippen molar-refractivity contribution in [2.75, 3.05) is 7.11 Å². The summed E-state index contributed by atoms with van der Waals surface area (Å²) in [6, 6.07) is 0. The van der Waals surface area contributed by atoms with Gasteiger partial charge in [-0.3, -0.25) is 4.79 Å². The molecule has 0 aromatic heterocycles. The van der Waals surface area contributed by atoms with Gasteiger partial charge in [-0.1, -0.05) is 12.2 Å². The molecule has 0 heterocycles. The van der Waals surface area contributed by atoms with Crippen molar-refractivity contribution in [2.24, 2.45) is 11.3 Å². The summed E-state index contributed by atoms with van der Waals surface area (Å²) in [5, 5.41) is 9.30. The molecule has 0 amide bonds. The van der Waals surface area contributed by atoms with Crippen molar-refractivity contribution in [1.82, 2.24) is 0 Å². The number of carbonyl (C=O) groups is 1. The highest BCUT2D eigenvalue weighted by atomic mass is 16.5. The number of fused-ring (bicyclic) bond motifs is 2. The van der Waals surface area contributed by atoms with Crippen LogP contribution in [0.5, 0.6) is 0 Å². The highest BCUT2D eigenvalue weighted by molar-refractivity contribution is 5.77. The smallest absolute Gasteiger partial charge is 0.312 e. The van der Waals surface area contributed by atoms with Crippen LogP contribution < -0.4 is 0 Å². The summed E-state index contributed by atoms with van der Waals surface area (Å²) >= 11 is 0. The molecule has 0 saturated heterocycles. The van der Waals surface area contributed by atoms with Gasteiger partial charge < -0.3 is 9.84 Å². The molecule has 1 fully saturated rings. The van der Waals surface area contributed by atoms with Crippen LogP contribution in [0.25, 0.3) is 0 Å². The molecular weight excluding hydrogens is 180 g/mol. The maximum Gasteiger partial charge on any atom is 0.312 e. The molecule has 0 spiro atoms. The van der Waals surface area contributed by atoms with Gasteiger partial charge in [0.15, 0.2) is 0 Å². The molecule has 78 valence electrons. The third-order valence-electron chi connectivity index (χ3n) is 3.96. The lowest BCUT2D eigenvalue weighted by molar-refractivity contribution is -0.175. The summed E-state index contributed by atoms with van der Waals surface area (Å²) in [6.45, 7) is 1.80. The Kier molecular flexibility index (Phi) is 1.96. The normalized spacial score (nSPS) is 45.4. The molecule has 0 aliphatic heterocycles. The number of aliphatic carboxylic acids is 1. The first kappa shape index (κ1) is 9.71. The summed E-state index contributed by atoms with van der Waals surface area (Å²) in [6.07, 6.45) is 6.64. The van der Waals surface area contributed by atoms with Crippen LogP contribution in [0.4, 0.5) is 0 Å². The lowest BCUT2D eigenvalue weighted by Gasteiger charge is -2.51. The van der Waals surface area contributed by atoms with Crippen LogP contribution in [-0.2, 0) is 9.53 Å². The number of ether oxygens (including phenoxy) is 1. The molecule has 3 nitrogen and oxygen atoms in total. The van der Waals surface area contributed by atoms with Gasteiger partial charge in [0.25, 0.3) is 0 Å². The van der Waals surface area contributed by atoms with Crippen LogP contribution in [0, 0.1) is 11.3 Å². The SMILES string of the molecule is COC12C=CC(CC1)CC2(C)C(=O)O. The Bertz CT molecular complexity index is 297. The lowest BCUT2D eigenvalue weighted by atomic mass is 9.57. The van der Waals surface area contributed by atoms with E-state index in [1.807, 2.05) is 6.08 Å². The zero-order valence-corrected chi connectivity index (χ0v) is 8.62. The molecule has 3 unspecified atom stereocenters. The highest BCUT2D eigenvalue weighted by Crippen LogP contribution is 2.53. The van der Waals surface area contributed by atoms with E-state index in [0.717, 1.165) is 12.8 Å². The van der Waals surface area contributed by atoms with Gasteiger partial charge in [0, 0.05) is 7.11 Å². The van der Waals surface area contributed by atoms with Crippen LogP contribution in [0.3, 0.4) is 0 Å². The van der Waals surface area contributed by atoms with Crippen molar-refractivity contribution >= 4 is 5.97 Å². The maximum atomic E-state index is 11.3. The molecule has 0 aromatic rings. The van der Waals surface area contributed by atoms with E-state index >= 15 is 0 Å². The van der Waals surface area contributed by atoms with Gasteiger partial charge in [0.1, 0.15) is 5.60 Å². The first-order chi connectivity index (χ1) is 6.54. The molecule has 1 N–H and O–H groups in total. The fourth-order valence-corrected chi connectivity index (χ4v) is 2.86. The van der Waals surface area contributed by atoms with E-state index < -0.39 is 17.0 Å². The first-order valence-electron chi connectivity index (χ1n) is 5.02. The van der Waals surface area contributed by atoms with E-state index in [-0.39, 0.29) is 0 Å². The lowest BCUT2D eigenvalue weighted by Crippen LogP contribution is -2.57. The van der Waals surface area contributed by atoms with Crippen LogP contribution in [-0.4, -0.2) is 23.8 Å². The Balaban J connectivity index is 2.45. The topological polar surface area (TPSA) is 46.5 Å². The van der Waals surface area contributed by atoms with Crippen LogP contribution >= 0.6 is 0 Å². The minimum absolute atomic E-state index is 0.424. The molecule has 3 aliphatic rings. The summed E-state index contributed by atoms with van der Waals surface area (Å²) in [7, 11) is 1.61. The summed E-state index contributed by atoms with van der Waals surface area (Å²) in [4.78, 5) is 11.3. The monoisotopic (exact) mass is 196 g/mol. The summed E-state index contributed by atoms with van der Waals surface area (Å²) in [5.74, 6) is -0.318. The van der Waals surface area contributed by atoms with Gasteiger partial charge >= 0.3 is 5.97 Å². The van der Waals surface area contributed by atoms with Crippen molar-refractivity contribution in [2.45, 2.75) is 31.8 Å². The Morgan fingerprint density at radius 2 is 2.36 bits per heavy atom. The number of methoxy groups -OCH3 is 1. The molecule has 2 bridgehead atoms. The van der Waals surface area contributed by atoms with Gasteiger partial charge in [0.2, 0.25) is 0 Å². The van der Waals surface area contributed by atoms with Gasteiger partial charge in [-0.15, -0.1) is 0 Å². The molecular formula is C11H16O3.